The van der Waals surface area contributed by atoms with Gasteiger partial charge in [-0.1, -0.05) is 86.2 Å². The van der Waals surface area contributed by atoms with Gasteiger partial charge in [-0.3, -0.25) is 0 Å². The van der Waals surface area contributed by atoms with Crippen molar-refractivity contribution in [2.45, 2.75) is 32.9 Å². The quantitative estimate of drug-likeness (QED) is 0.299. The van der Waals surface area contributed by atoms with E-state index in [9.17, 15) is 0 Å². The van der Waals surface area contributed by atoms with E-state index < -0.39 is 0 Å². The van der Waals surface area contributed by atoms with Gasteiger partial charge in [0.1, 0.15) is 6.17 Å². The number of hydrogen-bond donors (Lipinski definition) is 0. The Morgan fingerprint density at radius 2 is 1.65 bits per heavy atom. The molecule has 0 spiro atoms. The van der Waals surface area contributed by atoms with E-state index in [2.05, 4.69) is 128 Å². The zero-order valence-electron chi connectivity index (χ0n) is 19.9. The van der Waals surface area contributed by atoms with E-state index >= 15 is 0 Å². The summed E-state index contributed by atoms with van der Waals surface area (Å²) in [6.07, 6.45) is 4.13. The molecule has 34 heavy (non-hydrogen) atoms. The molecule has 0 aliphatic carbocycles. The topological polar surface area (TPSA) is 19.4 Å². The highest BCUT2D eigenvalue weighted by Crippen LogP contribution is 2.61. The molecule has 2 unspecified atom stereocenters. The summed E-state index contributed by atoms with van der Waals surface area (Å²) in [6.45, 7) is 11.1. The molecular formula is C31H29N3. The van der Waals surface area contributed by atoms with Crippen molar-refractivity contribution in [3.8, 4) is 11.1 Å². The average Bonchev–Trinajstić information content (AvgIpc) is 3.21. The molecule has 3 nitrogen and oxygen atoms in total. The van der Waals surface area contributed by atoms with Crippen LogP contribution < -0.4 is 9.80 Å². The SMILES string of the molecule is C=CC1c2ccccc2N2c3nccc(-c4cccc(C)c4)c3N(c3ccccc3)C2C1(C)C. The van der Waals surface area contributed by atoms with E-state index in [-0.39, 0.29) is 17.5 Å². The maximum Gasteiger partial charge on any atom is 0.159 e. The highest BCUT2D eigenvalue weighted by atomic mass is 15.5. The van der Waals surface area contributed by atoms with Gasteiger partial charge in [-0.25, -0.2) is 4.98 Å². The molecule has 0 bridgehead atoms. The second-order valence-electron chi connectivity index (χ2n) is 9.94. The number of rotatable bonds is 3. The van der Waals surface area contributed by atoms with Crippen LogP contribution in [0, 0.1) is 12.3 Å². The molecule has 6 rings (SSSR count). The van der Waals surface area contributed by atoms with Gasteiger partial charge < -0.3 is 9.80 Å². The van der Waals surface area contributed by atoms with Crippen LogP contribution in [0.1, 0.15) is 30.9 Å². The predicted octanol–water partition coefficient (Wildman–Crippen LogP) is 7.98. The van der Waals surface area contributed by atoms with Crippen molar-refractivity contribution in [2.75, 3.05) is 9.80 Å². The maximum atomic E-state index is 5.00. The zero-order valence-corrected chi connectivity index (χ0v) is 19.9. The lowest BCUT2D eigenvalue weighted by molar-refractivity contribution is 0.248. The monoisotopic (exact) mass is 443 g/mol. The van der Waals surface area contributed by atoms with Crippen molar-refractivity contribution < 1.29 is 0 Å². The van der Waals surface area contributed by atoms with E-state index in [1.165, 1.54) is 33.6 Å². The molecule has 0 N–H and O–H groups in total. The van der Waals surface area contributed by atoms with Crippen LogP contribution in [-0.2, 0) is 0 Å². The van der Waals surface area contributed by atoms with Crippen molar-refractivity contribution in [3.05, 3.63) is 115 Å². The van der Waals surface area contributed by atoms with Crippen LogP contribution in [0.15, 0.2) is 104 Å². The summed E-state index contributed by atoms with van der Waals surface area (Å²) >= 11 is 0. The third-order valence-electron chi connectivity index (χ3n) is 7.46. The van der Waals surface area contributed by atoms with Gasteiger partial charge in [0.05, 0.1) is 5.69 Å². The van der Waals surface area contributed by atoms with E-state index in [4.69, 9.17) is 4.98 Å². The van der Waals surface area contributed by atoms with Crippen LogP contribution in [-0.4, -0.2) is 11.1 Å². The lowest BCUT2D eigenvalue weighted by Gasteiger charge is -2.51. The first kappa shape index (κ1) is 20.7. The maximum absolute atomic E-state index is 5.00. The predicted molar refractivity (Wildman–Crippen MR) is 142 cm³/mol. The molecule has 2 atom stereocenters. The second kappa shape index (κ2) is 7.59. The van der Waals surface area contributed by atoms with Crippen LogP contribution in [0.25, 0.3) is 11.1 Å². The van der Waals surface area contributed by atoms with Crippen molar-refractivity contribution >= 4 is 22.9 Å². The fourth-order valence-electron chi connectivity index (χ4n) is 5.99. The molecule has 3 heteroatoms. The number of allylic oxidation sites excluding steroid dienone is 1. The minimum Gasteiger partial charge on any atom is -0.316 e. The molecule has 3 heterocycles. The normalized spacial score (nSPS) is 19.9. The van der Waals surface area contributed by atoms with Gasteiger partial charge in [0, 0.05) is 34.5 Å². The number of nitrogens with zero attached hydrogens (tertiary/aromatic N) is 3. The molecule has 0 fully saturated rings. The lowest BCUT2D eigenvalue weighted by Crippen LogP contribution is -2.54. The summed E-state index contributed by atoms with van der Waals surface area (Å²) in [5.41, 5.74) is 8.40. The lowest BCUT2D eigenvalue weighted by atomic mass is 9.69. The molecule has 4 aromatic rings. The van der Waals surface area contributed by atoms with E-state index in [0.29, 0.717) is 0 Å². The van der Waals surface area contributed by atoms with Crippen LogP contribution in [0.3, 0.4) is 0 Å². The van der Waals surface area contributed by atoms with Gasteiger partial charge in [0.15, 0.2) is 5.82 Å². The van der Waals surface area contributed by atoms with Gasteiger partial charge in [-0.05, 0) is 42.3 Å². The summed E-state index contributed by atoms with van der Waals surface area (Å²) in [5, 5.41) is 0. The van der Waals surface area contributed by atoms with E-state index in [0.717, 1.165) is 11.5 Å². The third kappa shape index (κ3) is 2.86. The minimum absolute atomic E-state index is 0.0567. The highest BCUT2D eigenvalue weighted by molar-refractivity contribution is 5.97. The molecule has 0 amide bonds. The number of aryl methyl sites for hydroxylation is 1. The molecular weight excluding hydrogens is 414 g/mol. The number of benzene rings is 3. The standard InChI is InChI=1S/C31H29N3/c1-5-26-25-16-9-10-17-27(25)34-29-28(24(18-19-32-29)22-13-11-12-21(2)20-22)33(30(34)31(26,3)4)23-14-7-6-8-15-23/h5-20,26,30H,1H2,2-4H3. The molecule has 1 aromatic heterocycles. The first-order valence-corrected chi connectivity index (χ1v) is 11.9. The average molecular weight is 444 g/mol. The number of anilines is 4. The fraction of sp³-hybridized carbons (Fsp3) is 0.194. The van der Waals surface area contributed by atoms with Gasteiger partial charge in [-0.2, -0.15) is 0 Å². The Labute approximate surface area is 202 Å². The van der Waals surface area contributed by atoms with Crippen LogP contribution in [0.5, 0.6) is 0 Å². The Morgan fingerprint density at radius 1 is 0.882 bits per heavy atom. The third-order valence-corrected chi connectivity index (χ3v) is 7.46. The van der Waals surface area contributed by atoms with Crippen molar-refractivity contribution in [2.24, 2.45) is 5.41 Å². The van der Waals surface area contributed by atoms with Gasteiger partial charge in [0.25, 0.3) is 0 Å². The first-order chi connectivity index (χ1) is 16.5. The Kier molecular flexibility index (Phi) is 4.63. The summed E-state index contributed by atoms with van der Waals surface area (Å²) < 4.78 is 0. The molecule has 0 saturated carbocycles. The van der Waals surface area contributed by atoms with Crippen LogP contribution in [0.2, 0.25) is 0 Å². The summed E-state index contributed by atoms with van der Waals surface area (Å²) in [5.74, 6) is 1.23. The molecule has 0 saturated heterocycles. The molecule has 2 aliphatic rings. The largest absolute Gasteiger partial charge is 0.316 e. The van der Waals surface area contributed by atoms with E-state index in [1.54, 1.807) is 0 Å². The number of para-hydroxylation sites is 2. The number of aromatic nitrogens is 1. The highest BCUT2D eigenvalue weighted by Gasteiger charge is 2.54. The Hall–Kier alpha value is -3.85. The number of pyridine rings is 1. The molecule has 3 aromatic carbocycles. The van der Waals surface area contributed by atoms with Gasteiger partial charge in [0.2, 0.25) is 0 Å². The first-order valence-electron chi connectivity index (χ1n) is 11.9. The Balaban J connectivity index is 1.70. The zero-order chi connectivity index (χ0) is 23.4. The van der Waals surface area contributed by atoms with Crippen LogP contribution >= 0.6 is 0 Å². The Morgan fingerprint density at radius 3 is 2.41 bits per heavy atom. The van der Waals surface area contributed by atoms with Gasteiger partial charge >= 0.3 is 0 Å². The number of fused-ring (bicyclic) bond motifs is 5. The fourth-order valence-corrected chi connectivity index (χ4v) is 5.99. The summed E-state index contributed by atoms with van der Waals surface area (Å²) in [6, 6.07) is 30.4. The smallest absolute Gasteiger partial charge is 0.159 e. The van der Waals surface area contributed by atoms with Crippen molar-refractivity contribution in [3.63, 3.8) is 0 Å². The van der Waals surface area contributed by atoms with Crippen molar-refractivity contribution in [1.82, 2.24) is 4.98 Å². The molecule has 0 radical (unpaired) electrons. The van der Waals surface area contributed by atoms with E-state index in [1.807, 2.05) is 6.20 Å². The second-order valence-corrected chi connectivity index (χ2v) is 9.94. The molecule has 2 aliphatic heterocycles. The van der Waals surface area contributed by atoms with Crippen LogP contribution in [0.4, 0.5) is 22.9 Å². The summed E-state index contributed by atoms with van der Waals surface area (Å²) in [4.78, 5) is 9.96. The molecule has 168 valence electrons. The minimum atomic E-state index is -0.128. The number of hydrogen-bond acceptors (Lipinski definition) is 3. The van der Waals surface area contributed by atoms with Gasteiger partial charge in [-0.15, -0.1) is 6.58 Å². The Bertz CT molecular complexity index is 1390. The van der Waals surface area contributed by atoms with Crippen molar-refractivity contribution in [1.29, 1.82) is 0 Å². The summed E-state index contributed by atoms with van der Waals surface area (Å²) in [7, 11) is 0.